The van der Waals surface area contributed by atoms with Gasteiger partial charge in [0.1, 0.15) is 49.4 Å². The third kappa shape index (κ3) is 8.24. The zero-order valence-electron chi connectivity index (χ0n) is 25.2. The predicted octanol–water partition coefficient (Wildman–Crippen LogP) is 7.10. The van der Waals surface area contributed by atoms with Crippen molar-refractivity contribution in [1.82, 2.24) is 0 Å². The van der Waals surface area contributed by atoms with Gasteiger partial charge in [-0.1, -0.05) is 98.1 Å². The number of carbonyl (C=O) groups is 2. The molecule has 2 unspecified atom stereocenters. The van der Waals surface area contributed by atoms with Crippen molar-refractivity contribution in [3.63, 3.8) is 0 Å². The van der Waals surface area contributed by atoms with E-state index < -0.39 is 24.1 Å². The van der Waals surface area contributed by atoms with Crippen molar-refractivity contribution >= 4 is 33.5 Å². The van der Waals surface area contributed by atoms with Crippen LogP contribution < -0.4 is 18.9 Å². The van der Waals surface area contributed by atoms with Crippen molar-refractivity contribution in [2.45, 2.75) is 12.2 Å². The number of esters is 2. The van der Waals surface area contributed by atoms with Gasteiger partial charge in [0, 0.05) is 33.7 Å². The van der Waals surface area contributed by atoms with Crippen molar-refractivity contribution in [2.24, 2.45) is 0 Å². The molecule has 0 heterocycles. The van der Waals surface area contributed by atoms with Gasteiger partial charge in [-0.05, 0) is 24.3 Å². The Balaban J connectivity index is 1.41. The van der Waals surface area contributed by atoms with Crippen LogP contribution in [0.4, 0.5) is 0 Å². The van der Waals surface area contributed by atoms with Gasteiger partial charge < -0.3 is 28.4 Å². The second-order valence-corrected chi connectivity index (χ2v) is 10.1. The van der Waals surface area contributed by atoms with Crippen LogP contribution in [0.5, 0.6) is 23.0 Å². The second-order valence-electron chi connectivity index (χ2n) is 10.1. The third-order valence-electron chi connectivity index (χ3n) is 6.92. The number of ether oxygens (including phenoxy) is 6. The van der Waals surface area contributed by atoms with Crippen LogP contribution in [0.2, 0.25) is 0 Å². The zero-order chi connectivity index (χ0) is 32.1. The molecule has 0 aromatic heterocycles. The van der Waals surface area contributed by atoms with E-state index in [2.05, 4.69) is 13.2 Å². The highest BCUT2D eigenvalue weighted by atomic mass is 16.6. The highest BCUT2D eigenvalue weighted by molar-refractivity contribution is 6.11. The standard InChI is InChI=1S/C38H34O8/c1-3-35(39)45-29(23-41-27-15-7-5-8-16-27)25-43-37-31-19-11-13-21-33(31)38(34-22-14-12-20-32(34)37)44-26-30(46-36(40)4-2)24-42-28-17-9-6-10-18-28/h3-22,29-30H,1-2,23-26H2. The average molecular weight is 619 g/mol. The van der Waals surface area contributed by atoms with Gasteiger partial charge in [0.25, 0.3) is 0 Å². The molecule has 0 saturated heterocycles. The molecule has 5 aromatic rings. The van der Waals surface area contributed by atoms with Gasteiger partial charge in [-0.2, -0.15) is 0 Å². The fourth-order valence-corrected chi connectivity index (χ4v) is 4.78. The fourth-order valence-electron chi connectivity index (χ4n) is 4.78. The van der Waals surface area contributed by atoms with Crippen molar-refractivity contribution in [1.29, 1.82) is 0 Å². The number of hydrogen-bond acceptors (Lipinski definition) is 8. The summed E-state index contributed by atoms with van der Waals surface area (Å²) in [6, 6.07) is 33.9. The van der Waals surface area contributed by atoms with E-state index in [9.17, 15) is 9.59 Å². The molecule has 0 amide bonds. The quantitative estimate of drug-likeness (QED) is 0.0657. The maximum atomic E-state index is 12.1. The molecule has 0 N–H and O–H groups in total. The van der Waals surface area contributed by atoms with E-state index in [-0.39, 0.29) is 26.4 Å². The summed E-state index contributed by atoms with van der Waals surface area (Å²) in [5, 5.41) is 3.14. The molecule has 8 nitrogen and oxygen atoms in total. The van der Waals surface area contributed by atoms with Crippen molar-refractivity contribution in [3.8, 4) is 23.0 Å². The Hall–Kier alpha value is -5.76. The molecule has 8 heteroatoms. The summed E-state index contributed by atoms with van der Waals surface area (Å²) < 4.78 is 35.7. The number of carbonyl (C=O) groups excluding carboxylic acids is 2. The zero-order valence-corrected chi connectivity index (χ0v) is 25.2. The molecule has 46 heavy (non-hydrogen) atoms. The molecule has 0 bridgehead atoms. The second kappa shape index (κ2) is 15.8. The first-order valence-corrected chi connectivity index (χ1v) is 14.8. The van der Waals surface area contributed by atoms with Crippen LogP contribution in [-0.2, 0) is 19.1 Å². The first-order valence-electron chi connectivity index (χ1n) is 14.8. The van der Waals surface area contributed by atoms with E-state index in [1.54, 1.807) is 0 Å². The largest absolute Gasteiger partial charge is 0.490 e. The Morgan fingerprint density at radius 1 is 0.478 bits per heavy atom. The smallest absolute Gasteiger partial charge is 0.330 e. The van der Waals surface area contributed by atoms with Gasteiger partial charge in [-0.15, -0.1) is 0 Å². The van der Waals surface area contributed by atoms with E-state index >= 15 is 0 Å². The summed E-state index contributed by atoms with van der Waals surface area (Å²) in [5.74, 6) is 1.33. The van der Waals surface area contributed by atoms with Crippen LogP contribution in [0.1, 0.15) is 0 Å². The van der Waals surface area contributed by atoms with E-state index in [1.165, 1.54) is 0 Å². The molecule has 234 valence electrons. The van der Waals surface area contributed by atoms with Gasteiger partial charge in [0.2, 0.25) is 0 Å². The highest BCUT2D eigenvalue weighted by Crippen LogP contribution is 2.42. The minimum Gasteiger partial charge on any atom is -0.490 e. The maximum absolute atomic E-state index is 12.1. The van der Waals surface area contributed by atoms with Gasteiger partial charge in [0.05, 0.1) is 0 Å². The monoisotopic (exact) mass is 618 g/mol. The number of fused-ring (bicyclic) bond motifs is 2. The molecule has 0 aliphatic heterocycles. The number of hydrogen-bond donors (Lipinski definition) is 0. The lowest BCUT2D eigenvalue weighted by atomic mass is 10.0. The lowest BCUT2D eigenvalue weighted by Crippen LogP contribution is -2.31. The molecule has 0 aliphatic rings. The van der Waals surface area contributed by atoms with Gasteiger partial charge in [-0.3, -0.25) is 0 Å². The fraction of sp³-hybridized carbons (Fsp3) is 0.158. The molecule has 0 fully saturated rings. The summed E-state index contributed by atoms with van der Waals surface area (Å²) in [7, 11) is 0. The van der Waals surface area contributed by atoms with E-state index in [4.69, 9.17) is 28.4 Å². The molecule has 0 saturated carbocycles. The van der Waals surface area contributed by atoms with Crippen LogP contribution in [0.25, 0.3) is 21.5 Å². The lowest BCUT2D eigenvalue weighted by Gasteiger charge is -2.23. The first kappa shape index (κ1) is 31.7. The average Bonchev–Trinajstić information content (AvgIpc) is 3.11. The topological polar surface area (TPSA) is 89.5 Å². The van der Waals surface area contributed by atoms with E-state index in [1.807, 2.05) is 109 Å². The minimum atomic E-state index is -0.718. The Morgan fingerprint density at radius 3 is 1.11 bits per heavy atom. The normalized spacial score (nSPS) is 12.0. The van der Waals surface area contributed by atoms with Crippen LogP contribution in [-0.4, -0.2) is 50.6 Å². The SMILES string of the molecule is C=CC(=O)OC(COc1ccccc1)COc1c2ccccc2c(OCC(COc2ccccc2)OC(=O)C=C)c2ccccc12. The van der Waals surface area contributed by atoms with E-state index in [0.29, 0.717) is 23.0 Å². The summed E-state index contributed by atoms with van der Waals surface area (Å²) in [6.07, 6.45) is 0.779. The highest BCUT2D eigenvalue weighted by Gasteiger charge is 2.22. The summed E-state index contributed by atoms with van der Waals surface area (Å²) in [6.45, 7) is 7.23. The van der Waals surface area contributed by atoms with Crippen molar-refractivity contribution in [2.75, 3.05) is 26.4 Å². The Labute approximate surface area is 267 Å². The molecule has 2 atom stereocenters. The number of rotatable bonds is 16. The predicted molar refractivity (Wildman–Crippen MR) is 176 cm³/mol. The summed E-state index contributed by atoms with van der Waals surface area (Å²) >= 11 is 0. The molecular formula is C38H34O8. The van der Waals surface area contributed by atoms with Crippen LogP contribution >= 0.6 is 0 Å². The minimum absolute atomic E-state index is 0.0248. The Bertz CT molecular complexity index is 1600. The molecule has 0 radical (unpaired) electrons. The molecule has 0 spiro atoms. The third-order valence-corrected chi connectivity index (χ3v) is 6.92. The number of para-hydroxylation sites is 2. The number of benzene rings is 5. The van der Waals surface area contributed by atoms with Gasteiger partial charge >= 0.3 is 11.9 Å². The van der Waals surface area contributed by atoms with Crippen molar-refractivity contribution in [3.05, 3.63) is 135 Å². The van der Waals surface area contributed by atoms with E-state index in [0.717, 1.165) is 33.7 Å². The first-order chi connectivity index (χ1) is 22.6. The molecular weight excluding hydrogens is 584 g/mol. The van der Waals surface area contributed by atoms with Crippen LogP contribution in [0, 0.1) is 0 Å². The Kier molecular flexibility index (Phi) is 10.9. The Morgan fingerprint density at radius 2 is 0.783 bits per heavy atom. The summed E-state index contributed by atoms with van der Waals surface area (Å²) in [5.41, 5.74) is 0. The lowest BCUT2D eigenvalue weighted by molar-refractivity contribution is -0.147. The molecule has 0 aliphatic carbocycles. The van der Waals surface area contributed by atoms with Crippen molar-refractivity contribution < 1.29 is 38.0 Å². The van der Waals surface area contributed by atoms with Gasteiger partial charge in [-0.25, -0.2) is 9.59 Å². The summed E-state index contributed by atoms with van der Waals surface area (Å²) in [4.78, 5) is 24.3. The molecule has 5 rings (SSSR count). The van der Waals surface area contributed by atoms with Gasteiger partial charge in [0.15, 0.2) is 12.2 Å². The maximum Gasteiger partial charge on any atom is 0.330 e. The molecule has 5 aromatic carbocycles. The van der Waals surface area contributed by atoms with Crippen LogP contribution in [0.3, 0.4) is 0 Å². The van der Waals surface area contributed by atoms with Crippen LogP contribution in [0.15, 0.2) is 135 Å².